The van der Waals surface area contributed by atoms with Gasteiger partial charge in [0.15, 0.2) is 0 Å². The van der Waals surface area contributed by atoms with E-state index in [-0.39, 0.29) is 23.9 Å². The smallest absolute Gasteiger partial charge is 0.252 e. The van der Waals surface area contributed by atoms with Gasteiger partial charge in [0.25, 0.3) is 5.91 Å². The summed E-state index contributed by atoms with van der Waals surface area (Å²) in [5.41, 5.74) is 1.16. The number of hydrogen-bond donors (Lipinski definition) is 1. The lowest BCUT2D eigenvalue weighted by atomic mass is 10.2. The molecule has 1 N–H and O–H groups in total. The van der Waals surface area contributed by atoms with E-state index in [2.05, 4.69) is 5.32 Å². The number of hydrogen-bond acceptors (Lipinski definition) is 3. The lowest BCUT2D eigenvalue weighted by molar-refractivity contribution is -0.138. The van der Waals surface area contributed by atoms with Gasteiger partial charge in [-0.1, -0.05) is 13.0 Å². The van der Waals surface area contributed by atoms with E-state index >= 15 is 0 Å². The number of carbonyl (C=O) groups is 2. The van der Waals surface area contributed by atoms with Gasteiger partial charge in [0.05, 0.1) is 12.1 Å². The zero-order chi connectivity index (χ0) is 14.0. The summed E-state index contributed by atoms with van der Waals surface area (Å²) >= 11 is 0. The molecule has 0 saturated carbocycles. The molecule has 0 spiro atoms. The van der Waals surface area contributed by atoms with E-state index in [4.69, 9.17) is 0 Å². The predicted molar refractivity (Wildman–Crippen MR) is 70.2 cm³/mol. The van der Waals surface area contributed by atoms with Crippen molar-refractivity contribution in [2.45, 2.75) is 32.7 Å². The van der Waals surface area contributed by atoms with Gasteiger partial charge in [0, 0.05) is 6.54 Å². The fraction of sp³-hybridized carbons (Fsp3) is 0.429. The molecule has 1 aromatic rings. The van der Waals surface area contributed by atoms with Crippen molar-refractivity contribution in [2.24, 2.45) is 0 Å². The number of likely N-dealkylation sites (tertiary alicyclic amines) is 1. The fourth-order valence-corrected chi connectivity index (χ4v) is 2.19. The van der Waals surface area contributed by atoms with Gasteiger partial charge in [-0.25, -0.2) is 4.39 Å². The third-order valence-corrected chi connectivity index (χ3v) is 3.14. The third kappa shape index (κ3) is 2.75. The summed E-state index contributed by atoms with van der Waals surface area (Å²) in [7, 11) is 0. The largest absolute Gasteiger partial charge is 0.371 e. The standard InChI is InChI=1S/C14H17FN2O2/c1-3-6-17-13(18)8-12(14(17)19)16-11-7-9(2)4-5-10(11)15/h4-5,7,12,16H,3,6,8H2,1-2H3. The van der Waals surface area contributed by atoms with Crippen LogP contribution in [0.15, 0.2) is 18.2 Å². The average Bonchev–Trinajstić information content (AvgIpc) is 2.62. The van der Waals surface area contributed by atoms with Gasteiger partial charge in [-0.2, -0.15) is 0 Å². The minimum atomic E-state index is -0.657. The third-order valence-electron chi connectivity index (χ3n) is 3.14. The Bertz CT molecular complexity index is 516. The second-order valence-corrected chi connectivity index (χ2v) is 4.77. The van der Waals surface area contributed by atoms with Crippen molar-refractivity contribution in [1.29, 1.82) is 0 Å². The van der Waals surface area contributed by atoms with E-state index < -0.39 is 11.9 Å². The maximum absolute atomic E-state index is 13.6. The summed E-state index contributed by atoms with van der Waals surface area (Å²) in [6.45, 7) is 4.17. The highest BCUT2D eigenvalue weighted by molar-refractivity contribution is 6.06. The van der Waals surface area contributed by atoms with Gasteiger partial charge in [-0.15, -0.1) is 0 Å². The molecule has 5 heteroatoms. The normalized spacial score (nSPS) is 19.1. The van der Waals surface area contributed by atoms with Crippen LogP contribution in [0.1, 0.15) is 25.3 Å². The van der Waals surface area contributed by atoms with Gasteiger partial charge in [0.1, 0.15) is 11.9 Å². The summed E-state index contributed by atoms with van der Waals surface area (Å²) < 4.78 is 13.6. The molecule has 1 saturated heterocycles. The van der Waals surface area contributed by atoms with E-state index in [1.165, 1.54) is 11.0 Å². The van der Waals surface area contributed by atoms with Crippen LogP contribution in [0.25, 0.3) is 0 Å². The molecule has 2 rings (SSSR count). The lowest BCUT2D eigenvalue weighted by Crippen LogP contribution is -2.35. The molecular weight excluding hydrogens is 247 g/mol. The second kappa shape index (κ2) is 5.38. The van der Waals surface area contributed by atoms with Crippen molar-refractivity contribution >= 4 is 17.5 Å². The van der Waals surface area contributed by atoms with E-state index in [9.17, 15) is 14.0 Å². The summed E-state index contributed by atoms with van der Waals surface area (Å²) in [6, 6.07) is 3.99. The van der Waals surface area contributed by atoms with Gasteiger partial charge in [0.2, 0.25) is 5.91 Å². The van der Waals surface area contributed by atoms with Crippen LogP contribution in [0, 0.1) is 12.7 Å². The Kier molecular flexibility index (Phi) is 3.83. The second-order valence-electron chi connectivity index (χ2n) is 4.77. The van der Waals surface area contributed by atoms with Crippen molar-refractivity contribution in [3.8, 4) is 0 Å². The predicted octanol–water partition coefficient (Wildman–Crippen LogP) is 2.08. The Morgan fingerprint density at radius 2 is 2.16 bits per heavy atom. The molecule has 102 valence electrons. The minimum Gasteiger partial charge on any atom is -0.371 e. The molecule has 0 aliphatic carbocycles. The van der Waals surface area contributed by atoms with Gasteiger partial charge >= 0.3 is 0 Å². The molecule has 19 heavy (non-hydrogen) atoms. The maximum atomic E-state index is 13.6. The van der Waals surface area contributed by atoms with Crippen LogP contribution in [0.3, 0.4) is 0 Å². The van der Waals surface area contributed by atoms with E-state index in [1.807, 2.05) is 13.8 Å². The molecule has 0 bridgehead atoms. The molecule has 4 nitrogen and oxygen atoms in total. The number of imide groups is 1. The molecule has 1 fully saturated rings. The number of halogens is 1. The number of benzene rings is 1. The molecule has 1 aromatic carbocycles. The van der Waals surface area contributed by atoms with Gasteiger partial charge < -0.3 is 5.32 Å². The highest BCUT2D eigenvalue weighted by atomic mass is 19.1. The summed E-state index contributed by atoms with van der Waals surface area (Å²) in [5.74, 6) is -0.884. The van der Waals surface area contributed by atoms with Crippen molar-refractivity contribution < 1.29 is 14.0 Å². The highest BCUT2D eigenvalue weighted by Gasteiger charge is 2.38. The van der Waals surface area contributed by atoms with Crippen molar-refractivity contribution in [2.75, 3.05) is 11.9 Å². The average molecular weight is 264 g/mol. The van der Waals surface area contributed by atoms with Crippen LogP contribution >= 0.6 is 0 Å². The zero-order valence-electron chi connectivity index (χ0n) is 11.1. The number of rotatable bonds is 4. The molecule has 1 atom stereocenters. The number of amides is 2. The Morgan fingerprint density at radius 3 is 2.84 bits per heavy atom. The summed E-state index contributed by atoms with van der Waals surface area (Å²) in [6.07, 6.45) is 0.815. The first-order valence-corrected chi connectivity index (χ1v) is 6.39. The lowest BCUT2D eigenvalue weighted by Gasteiger charge is -2.15. The van der Waals surface area contributed by atoms with Gasteiger partial charge in [-0.3, -0.25) is 14.5 Å². The minimum absolute atomic E-state index is 0.0895. The first-order valence-electron chi connectivity index (χ1n) is 6.39. The Labute approximate surface area is 111 Å². The van der Waals surface area contributed by atoms with Crippen LogP contribution in [0.4, 0.5) is 10.1 Å². The Hall–Kier alpha value is -1.91. The number of nitrogens with zero attached hydrogens (tertiary/aromatic N) is 1. The molecule has 1 aliphatic rings. The molecule has 1 aliphatic heterocycles. The van der Waals surface area contributed by atoms with Crippen LogP contribution in [-0.2, 0) is 9.59 Å². The first-order chi connectivity index (χ1) is 9.02. The maximum Gasteiger partial charge on any atom is 0.252 e. The van der Waals surface area contributed by atoms with E-state index in [1.54, 1.807) is 12.1 Å². The quantitative estimate of drug-likeness (QED) is 0.847. The number of carbonyl (C=O) groups excluding carboxylic acids is 2. The van der Waals surface area contributed by atoms with Crippen molar-refractivity contribution in [1.82, 2.24) is 4.90 Å². The Morgan fingerprint density at radius 1 is 1.42 bits per heavy atom. The molecule has 2 amide bonds. The highest BCUT2D eigenvalue weighted by Crippen LogP contribution is 2.21. The molecule has 1 unspecified atom stereocenters. The number of anilines is 1. The molecule has 0 radical (unpaired) electrons. The zero-order valence-corrected chi connectivity index (χ0v) is 11.1. The van der Waals surface area contributed by atoms with Crippen molar-refractivity contribution in [3.05, 3.63) is 29.6 Å². The summed E-state index contributed by atoms with van der Waals surface area (Å²) in [5, 5.41) is 2.83. The monoisotopic (exact) mass is 264 g/mol. The van der Waals surface area contributed by atoms with Crippen molar-refractivity contribution in [3.63, 3.8) is 0 Å². The molecule has 0 aromatic heterocycles. The molecular formula is C14H17FN2O2. The Balaban J connectivity index is 2.14. The van der Waals surface area contributed by atoms with E-state index in [0.29, 0.717) is 6.54 Å². The van der Waals surface area contributed by atoms with Gasteiger partial charge in [-0.05, 0) is 31.0 Å². The number of aryl methyl sites for hydroxylation is 1. The van der Waals surface area contributed by atoms with Crippen LogP contribution < -0.4 is 5.32 Å². The topological polar surface area (TPSA) is 49.4 Å². The first kappa shape index (κ1) is 13.5. The van der Waals surface area contributed by atoms with E-state index in [0.717, 1.165) is 12.0 Å². The number of nitrogens with one attached hydrogen (secondary N) is 1. The SMILES string of the molecule is CCCN1C(=O)CC(Nc2cc(C)ccc2F)C1=O. The van der Waals surface area contributed by atoms with Crippen LogP contribution in [0.2, 0.25) is 0 Å². The molecule has 1 heterocycles. The van der Waals surface area contributed by atoms with Crippen LogP contribution in [0.5, 0.6) is 0 Å². The fourth-order valence-electron chi connectivity index (χ4n) is 2.19. The van der Waals surface area contributed by atoms with Crippen LogP contribution in [-0.4, -0.2) is 29.3 Å². The summed E-state index contributed by atoms with van der Waals surface area (Å²) in [4.78, 5) is 25.0.